The van der Waals surface area contributed by atoms with Crippen molar-refractivity contribution >= 4 is 17.5 Å². The predicted octanol–water partition coefficient (Wildman–Crippen LogP) is 3.96. The van der Waals surface area contributed by atoms with Crippen molar-refractivity contribution in [2.75, 3.05) is 13.1 Å². The molecular weight excluding hydrogens is 448 g/mol. The van der Waals surface area contributed by atoms with Crippen molar-refractivity contribution in [3.63, 3.8) is 0 Å². The fraction of sp³-hybridized carbons (Fsp3) is 0.300. The second-order valence-electron chi connectivity index (χ2n) is 9.22. The van der Waals surface area contributed by atoms with E-state index >= 15 is 0 Å². The summed E-state index contributed by atoms with van der Waals surface area (Å²) in [5, 5.41) is 17.4. The molecule has 3 aromatic carbocycles. The number of fused-ring (bicyclic) bond motifs is 1. The largest absolute Gasteiger partial charge is 0.355 e. The first-order chi connectivity index (χ1) is 17.6. The first-order valence-corrected chi connectivity index (χ1v) is 12.6. The highest BCUT2D eigenvalue weighted by Gasteiger charge is 2.23. The molecule has 0 saturated heterocycles. The number of hydrogen-bond donors (Lipinski definition) is 4. The van der Waals surface area contributed by atoms with Crippen LogP contribution in [0.15, 0.2) is 84.9 Å². The molecule has 4 rings (SSSR count). The molecule has 6 nitrogen and oxygen atoms in total. The number of rotatable bonds is 11. The van der Waals surface area contributed by atoms with Crippen molar-refractivity contribution < 1.29 is 9.59 Å². The quantitative estimate of drug-likeness (QED) is 0.246. The Hall–Kier alpha value is -3.77. The van der Waals surface area contributed by atoms with Gasteiger partial charge in [0.15, 0.2) is 0 Å². The zero-order valence-corrected chi connectivity index (χ0v) is 20.5. The van der Waals surface area contributed by atoms with Crippen LogP contribution in [0.5, 0.6) is 0 Å². The van der Waals surface area contributed by atoms with Crippen molar-refractivity contribution in [3.05, 3.63) is 107 Å². The van der Waals surface area contributed by atoms with E-state index < -0.39 is 0 Å². The smallest absolute Gasteiger partial charge is 0.264 e. The average Bonchev–Trinajstić information content (AvgIpc) is 2.93. The van der Waals surface area contributed by atoms with Gasteiger partial charge in [0.05, 0.1) is 11.8 Å². The Bertz CT molecular complexity index is 1120. The highest BCUT2D eigenvalue weighted by Crippen LogP contribution is 2.23. The molecule has 0 aliphatic carbocycles. The van der Waals surface area contributed by atoms with Gasteiger partial charge in [0.25, 0.3) is 5.91 Å². The van der Waals surface area contributed by atoms with Crippen molar-refractivity contribution in [1.82, 2.24) is 16.0 Å². The summed E-state index contributed by atoms with van der Waals surface area (Å²) >= 11 is 0. The molecule has 1 aliphatic heterocycles. The second-order valence-corrected chi connectivity index (χ2v) is 9.22. The van der Waals surface area contributed by atoms with Gasteiger partial charge in [-0.25, -0.2) is 0 Å². The Morgan fingerprint density at radius 2 is 1.44 bits per heavy atom. The van der Waals surface area contributed by atoms with Gasteiger partial charge >= 0.3 is 0 Å². The molecule has 1 heterocycles. The molecule has 0 saturated carbocycles. The number of carbonyl (C=O) groups excluding carboxylic acids is 2. The molecule has 3 aromatic rings. The van der Waals surface area contributed by atoms with Gasteiger partial charge in [-0.05, 0) is 47.9 Å². The van der Waals surface area contributed by atoms with E-state index in [0.29, 0.717) is 38.9 Å². The highest BCUT2D eigenvalue weighted by molar-refractivity contribution is 6.37. The number of nitrogens with one attached hydrogen (secondary N) is 4. The van der Waals surface area contributed by atoms with Gasteiger partial charge in [0.1, 0.15) is 0 Å². The molecule has 4 N–H and O–H groups in total. The zero-order chi connectivity index (χ0) is 25.2. The van der Waals surface area contributed by atoms with E-state index in [1.54, 1.807) is 0 Å². The monoisotopic (exact) mass is 482 g/mol. The molecule has 186 valence electrons. The SMILES string of the molecule is N=C(CCCCNC(=O)[C@@H]1Cc2ccccc2CN1)C(=O)NCC(c1ccccc1)c1ccccc1. The standard InChI is InChI=1S/C30H34N4O2/c31-27(17-9-10-18-32-30(36)28-19-24-15-7-8-16-25(24)20-33-28)29(35)34-21-26(22-11-3-1-4-12-22)23-13-5-2-6-14-23/h1-8,11-16,26,28,31,33H,9-10,17-21H2,(H,32,36)(H,34,35)/t28-/m0/s1. The molecule has 0 spiro atoms. The minimum Gasteiger partial charge on any atom is -0.355 e. The molecule has 2 amide bonds. The minimum atomic E-state index is -0.332. The van der Waals surface area contributed by atoms with Crippen molar-refractivity contribution in [2.45, 2.75) is 44.2 Å². The number of unbranched alkanes of at least 4 members (excludes halogenated alkanes) is 1. The molecular formula is C30H34N4O2. The fourth-order valence-electron chi connectivity index (χ4n) is 4.62. The topological polar surface area (TPSA) is 94.1 Å². The van der Waals surface area contributed by atoms with E-state index in [4.69, 9.17) is 5.41 Å². The van der Waals surface area contributed by atoms with Gasteiger partial charge in [-0.1, -0.05) is 84.9 Å². The van der Waals surface area contributed by atoms with E-state index in [1.807, 2.05) is 48.5 Å². The molecule has 1 atom stereocenters. The van der Waals surface area contributed by atoms with E-state index in [-0.39, 0.29) is 29.5 Å². The molecule has 6 heteroatoms. The van der Waals surface area contributed by atoms with E-state index in [0.717, 1.165) is 17.5 Å². The average molecular weight is 483 g/mol. The Labute approximate surface area is 213 Å². The fourth-order valence-corrected chi connectivity index (χ4v) is 4.62. The summed E-state index contributed by atoms with van der Waals surface area (Å²) in [6.07, 6.45) is 2.48. The number of amides is 2. The predicted molar refractivity (Wildman–Crippen MR) is 143 cm³/mol. The molecule has 0 fully saturated rings. The third kappa shape index (κ3) is 6.89. The van der Waals surface area contributed by atoms with Gasteiger partial charge < -0.3 is 16.0 Å². The third-order valence-electron chi connectivity index (χ3n) is 6.70. The van der Waals surface area contributed by atoms with Crippen LogP contribution in [-0.4, -0.2) is 36.7 Å². The van der Waals surface area contributed by atoms with Crippen molar-refractivity contribution in [3.8, 4) is 0 Å². The third-order valence-corrected chi connectivity index (χ3v) is 6.70. The maximum absolute atomic E-state index is 12.6. The number of hydrogen-bond acceptors (Lipinski definition) is 4. The first kappa shape index (κ1) is 25.3. The van der Waals surface area contributed by atoms with Gasteiger partial charge in [-0.3, -0.25) is 15.0 Å². The summed E-state index contributed by atoms with van der Waals surface area (Å²) in [5.41, 5.74) is 4.80. The van der Waals surface area contributed by atoms with Crippen LogP contribution >= 0.6 is 0 Å². The van der Waals surface area contributed by atoms with Crippen LogP contribution in [-0.2, 0) is 22.6 Å². The Balaban J connectivity index is 1.17. The van der Waals surface area contributed by atoms with Gasteiger partial charge in [-0.15, -0.1) is 0 Å². The lowest BCUT2D eigenvalue weighted by Crippen LogP contribution is -2.47. The van der Waals surface area contributed by atoms with Crippen molar-refractivity contribution in [2.24, 2.45) is 0 Å². The molecule has 0 aromatic heterocycles. The Morgan fingerprint density at radius 3 is 2.11 bits per heavy atom. The van der Waals surface area contributed by atoms with Crippen LogP contribution in [0.4, 0.5) is 0 Å². The summed E-state index contributed by atoms with van der Waals surface area (Å²) in [4.78, 5) is 25.1. The van der Waals surface area contributed by atoms with Crippen LogP contribution in [0, 0.1) is 5.41 Å². The summed E-state index contributed by atoms with van der Waals surface area (Å²) in [6.45, 7) is 1.68. The van der Waals surface area contributed by atoms with Gasteiger partial charge in [-0.2, -0.15) is 0 Å². The normalized spacial score (nSPS) is 14.6. The minimum absolute atomic E-state index is 0.00480. The first-order valence-electron chi connectivity index (χ1n) is 12.6. The molecule has 0 unspecified atom stereocenters. The van der Waals surface area contributed by atoms with Crippen LogP contribution in [0.3, 0.4) is 0 Å². The molecule has 0 radical (unpaired) electrons. The van der Waals surface area contributed by atoms with Crippen LogP contribution in [0.1, 0.15) is 47.4 Å². The lowest BCUT2D eigenvalue weighted by molar-refractivity contribution is -0.123. The van der Waals surface area contributed by atoms with E-state index in [2.05, 4.69) is 52.3 Å². The van der Waals surface area contributed by atoms with Crippen LogP contribution in [0.2, 0.25) is 0 Å². The molecule has 1 aliphatic rings. The summed E-state index contributed by atoms with van der Waals surface area (Å²) in [6, 6.07) is 28.2. The van der Waals surface area contributed by atoms with Crippen LogP contribution < -0.4 is 16.0 Å². The lowest BCUT2D eigenvalue weighted by atomic mass is 9.91. The summed E-state index contributed by atoms with van der Waals surface area (Å²) in [5.74, 6) is -0.300. The maximum atomic E-state index is 12.6. The summed E-state index contributed by atoms with van der Waals surface area (Å²) < 4.78 is 0. The Morgan fingerprint density at radius 1 is 0.833 bits per heavy atom. The number of carbonyl (C=O) groups is 2. The maximum Gasteiger partial charge on any atom is 0.264 e. The summed E-state index contributed by atoms with van der Waals surface area (Å²) in [7, 11) is 0. The molecule has 36 heavy (non-hydrogen) atoms. The van der Waals surface area contributed by atoms with Gasteiger partial charge in [0, 0.05) is 25.6 Å². The zero-order valence-electron chi connectivity index (χ0n) is 20.5. The van der Waals surface area contributed by atoms with Crippen molar-refractivity contribution in [1.29, 1.82) is 5.41 Å². The van der Waals surface area contributed by atoms with E-state index in [9.17, 15) is 9.59 Å². The molecule has 0 bridgehead atoms. The van der Waals surface area contributed by atoms with Gasteiger partial charge in [0.2, 0.25) is 5.91 Å². The second kappa shape index (κ2) is 12.8. The van der Waals surface area contributed by atoms with E-state index in [1.165, 1.54) is 11.1 Å². The highest BCUT2D eigenvalue weighted by atomic mass is 16.2. The van der Waals surface area contributed by atoms with Crippen LogP contribution in [0.25, 0.3) is 0 Å². The lowest BCUT2D eigenvalue weighted by Gasteiger charge is -2.25. The Kier molecular flexibility index (Phi) is 9.00. The number of benzene rings is 3.